The van der Waals surface area contributed by atoms with Gasteiger partial charge < -0.3 is 0 Å². The molecule has 0 amide bonds. The quantitative estimate of drug-likeness (QED) is 0.469. The molecule has 0 saturated heterocycles. The summed E-state index contributed by atoms with van der Waals surface area (Å²) < 4.78 is 0. The highest BCUT2D eigenvalue weighted by Gasteiger charge is 2.05. The van der Waals surface area contributed by atoms with E-state index in [0.29, 0.717) is 0 Å². The van der Waals surface area contributed by atoms with E-state index in [9.17, 15) is 0 Å². The van der Waals surface area contributed by atoms with Gasteiger partial charge in [-0.2, -0.15) is 0 Å². The Kier molecular flexibility index (Phi) is 4.22. The van der Waals surface area contributed by atoms with Gasteiger partial charge in [0.2, 0.25) is 0 Å². The standard InChI is InChI=1S/C24H19B/c25-24-16-22(19-10-5-2-6-11-19)15-23(17-24)21-13-7-12-20(14-21)18-8-3-1-4-9-18/h1-17H,25H2. The predicted molar refractivity (Wildman–Crippen MR) is 111 cm³/mol. The Labute approximate surface area is 150 Å². The molecule has 0 radical (unpaired) electrons. The number of rotatable bonds is 3. The number of hydrogen-bond donors (Lipinski definition) is 0. The van der Waals surface area contributed by atoms with Gasteiger partial charge in [-0.15, -0.1) is 0 Å². The van der Waals surface area contributed by atoms with Crippen LogP contribution in [-0.2, 0) is 0 Å². The van der Waals surface area contributed by atoms with Crippen LogP contribution in [0.3, 0.4) is 0 Å². The summed E-state index contributed by atoms with van der Waals surface area (Å²) >= 11 is 0. The van der Waals surface area contributed by atoms with Gasteiger partial charge in [-0.3, -0.25) is 0 Å². The molecule has 4 aromatic rings. The second kappa shape index (κ2) is 6.82. The van der Waals surface area contributed by atoms with Crippen molar-refractivity contribution in [3.05, 3.63) is 103 Å². The predicted octanol–water partition coefficient (Wildman–Crippen LogP) is 4.95. The molecule has 0 aliphatic heterocycles. The van der Waals surface area contributed by atoms with Crippen LogP contribution in [0.15, 0.2) is 103 Å². The van der Waals surface area contributed by atoms with Crippen molar-refractivity contribution in [2.75, 3.05) is 0 Å². The first-order chi connectivity index (χ1) is 12.3. The molecule has 0 nitrogen and oxygen atoms in total. The van der Waals surface area contributed by atoms with E-state index in [1.54, 1.807) is 0 Å². The number of benzene rings is 4. The third-order valence-electron chi connectivity index (χ3n) is 4.49. The van der Waals surface area contributed by atoms with Crippen molar-refractivity contribution in [1.29, 1.82) is 0 Å². The summed E-state index contributed by atoms with van der Waals surface area (Å²) in [5.41, 5.74) is 8.81. The molecule has 0 unspecified atom stereocenters. The minimum Gasteiger partial charge on any atom is -0.0877 e. The Morgan fingerprint density at radius 3 is 1.36 bits per heavy atom. The summed E-state index contributed by atoms with van der Waals surface area (Å²) in [5.74, 6) is 0. The maximum atomic E-state index is 2.28. The van der Waals surface area contributed by atoms with Crippen molar-refractivity contribution in [1.82, 2.24) is 0 Å². The van der Waals surface area contributed by atoms with Gasteiger partial charge in [0.05, 0.1) is 0 Å². The third kappa shape index (κ3) is 3.41. The molecular weight excluding hydrogens is 299 g/mol. The molecule has 0 saturated carbocycles. The largest absolute Gasteiger partial charge is 0.139 e. The summed E-state index contributed by atoms with van der Waals surface area (Å²) in [4.78, 5) is 0. The van der Waals surface area contributed by atoms with Crippen LogP contribution >= 0.6 is 0 Å². The molecule has 0 aliphatic rings. The topological polar surface area (TPSA) is 0 Å². The minimum atomic E-state index is 1.25. The Morgan fingerprint density at radius 2 is 0.760 bits per heavy atom. The van der Waals surface area contributed by atoms with E-state index in [-0.39, 0.29) is 0 Å². The fourth-order valence-corrected chi connectivity index (χ4v) is 3.26. The molecule has 4 aromatic carbocycles. The fourth-order valence-electron chi connectivity index (χ4n) is 3.26. The third-order valence-corrected chi connectivity index (χ3v) is 4.49. The Morgan fingerprint density at radius 1 is 0.360 bits per heavy atom. The average Bonchev–Trinajstić information content (AvgIpc) is 2.69. The Hall–Kier alpha value is -3.06. The molecule has 0 aromatic heterocycles. The van der Waals surface area contributed by atoms with Crippen molar-refractivity contribution >= 4 is 13.3 Å². The van der Waals surface area contributed by atoms with Gasteiger partial charge >= 0.3 is 0 Å². The summed E-state index contributed by atoms with van der Waals surface area (Å²) in [5, 5.41) is 0. The lowest BCUT2D eigenvalue weighted by atomic mass is 9.87. The van der Waals surface area contributed by atoms with Gasteiger partial charge in [-0.1, -0.05) is 96.5 Å². The zero-order valence-corrected chi connectivity index (χ0v) is 14.3. The van der Waals surface area contributed by atoms with Crippen LogP contribution in [0.4, 0.5) is 0 Å². The second-order valence-electron chi connectivity index (χ2n) is 6.40. The zero-order valence-electron chi connectivity index (χ0n) is 14.3. The smallest absolute Gasteiger partial charge is 0.0877 e. The molecule has 0 bridgehead atoms. The highest BCUT2D eigenvalue weighted by atomic mass is 14.1. The maximum Gasteiger partial charge on any atom is 0.139 e. The molecule has 0 spiro atoms. The monoisotopic (exact) mass is 318 g/mol. The molecule has 25 heavy (non-hydrogen) atoms. The fraction of sp³-hybridized carbons (Fsp3) is 0. The lowest BCUT2D eigenvalue weighted by molar-refractivity contribution is 1.58. The van der Waals surface area contributed by atoms with E-state index in [0.717, 1.165) is 0 Å². The van der Waals surface area contributed by atoms with Crippen LogP contribution in [0.5, 0.6) is 0 Å². The molecule has 4 rings (SSSR count). The lowest BCUT2D eigenvalue weighted by Crippen LogP contribution is -2.02. The molecule has 118 valence electrons. The SMILES string of the molecule is Bc1cc(-c2ccccc2)cc(-c2cccc(-c3ccccc3)c2)c1. The first kappa shape index (κ1) is 15.5. The first-order valence-corrected chi connectivity index (χ1v) is 8.62. The minimum absolute atomic E-state index is 1.25. The van der Waals surface area contributed by atoms with Gasteiger partial charge in [0.1, 0.15) is 7.85 Å². The molecule has 0 aliphatic carbocycles. The van der Waals surface area contributed by atoms with Crippen molar-refractivity contribution in [3.8, 4) is 33.4 Å². The van der Waals surface area contributed by atoms with Crippen LogP contribution in [0.25, 0.3) is 33.4 Å². The van der Waals surface area contributed by atoms with Crippen LogP contribution in [0, 0.1) is 0 Å². The average molecular weight is 318 g/mol. The van der Waals surface area contributed by atoms with E-state index < -0.39 is 0 Å². The Bertz CT molecular complexity index is 989. The van der Waals surface area contributed by atoms with Crippen molar-refractivity contribution in [2.45, 2.75) is 0 Å². The van der Waals surface area contributed by atoms with E-state index >= 15 is 0 Å². The number of hydrogen-bond acceptors (Lipinski definition) is 0. The Balaban J connectivity index is 1.79. The van der Waals surface area contributed by atoms with Gasteiger partial charge in [0, 0.05) is 0 Å². The summed E-state index contributed by atoms with van der Waals surface area (Å²) in [6.07, 6.45) is 0. The molecule has 0 atom stereocenters. The maximum absolute atomic E-state index is 2.28. The molecule has 0 N–H and O–H groups in total. The summed E-state index contributed by atoms with van der Waals surface area (Å²) in [6, 6.07) is 36.7. The lowest BCUT2D eigenvalue weighted by Gasteiger charge is -2.10. The van der Waals surface area contributed by atoms with E-state index in [1.165, 1.54) is 38.8 Å². The van der Waals surface area contributed by atoms with E-state index in [1.807, 2.05) is 0 Å². The first-order valence-electron chi connectivity index (χ1n) is 8.62. The van der Waals surface area contributed by atoms with E-state index in [2.05, 4.69) is 111 Å². The molecular formula is C24H19B. The normalized spacial score (nSPS) is 10.6. The zero-order chi connectivity index (χ0) is 17.1. The van der Waals surface area contributed by atoms with Gasteiger partial charge in [0.15, 0.2) is 0 Å². The highest BCUT2D eigenvalue weighted by Crippen LogP contribution is 2.28. The van der Waals surface area contributed by atoms with Crippen LogP contribution < -0.4 is 5.46 Å². The summed E-state index contributed by atoms with van der Waals surface area (Å²) in [6.45, 7) is 0. The summed E-state index contributed by atoms with van der Waals surface area (Å²) in [7, 11) is 2.16. The van der Waals surface area contributed by atoms with Crippen molar-refractivity contribution in [2.24, 2.45) is 0 Å². The van der Waals surface area contributed by atoms with Crippen LogP contribution in [0.2, 0.25) is 0 Å². The van der Waals surface area contributed by atoms with Gasteiger partial charge in [0.25, 0.3) is 0 Å². The highest BCUT2D eigenvalue weighted by molar-refractivity contribution is 6.33. The van der Waals surface area contributed by atoms with Crippen molar-refractivity contribution in [3.63, 3.8) is 0 Å². The van der Waals surface area contributed by atoms with E-state index in [4.69, 9.17) is 0 Å². The van der Waals surface area contributed by atoms with Gasteiger partial charge in [-0.05, 0) is 45.5 Å². The van der Waals surface area contributed by atoms with Crippen molar-refractivity contribution < 1.29 is 0 Å². The molecule has 0 fully saturated rings. The van der Waals surface area contributed by atoms with Crippen LogP contribution in [0.1, 0.15) is 0 Å². The van der Waals surface area contributed by atoms with Gasteiger partial charge in [-0.25, -0.2) is 0 Å². The second-order valence-corrected chi connectivity index (χ2v) is 6.40. The molecule has 1 heteroatoms. The molecule has 0 heterocycles. The van der Waals surface area contributed by atoms with Crippen LogP contribution in [-0.4, -0.2) is 7.85 Å².